The number of carbonyl (C=O) groups excluding carboxylic acids is 1. The normalized spacial score (nSPS) is 19.0. The van der Waals surface area contributed by atoms with E-state index in [9.17, 15) is 9.90 Å². The molecule has 2 aromatic rings. The number of furan rings is 1. The maximum atomic E-state index is 12.5. The number of nitrogens with zero attached hydrogens (tertiary/aromatic N) is 1. The highest BCUT2D eigenvalue weighted by atomic mass is 16.4. The van der Waals surface area contributed by atoms with Gasteiger partial charge in [-0.2, -0.15) is 0 Å². The molecule has 1 N–H and O–H groups in total. The number of likely N-dealkylation sites (tertiary alicyclic amines) is 1. The van der Waals surface area contributed by atoms with Crippen molar-refractivity contribution in [2.75, 3.05) is 6.54 Å². The fourth-order valence-electron chi connectivity index (χ4n) is 3.30. The van der Waals surface area contributed by atoms with Crippen LogP contribution in [0.2, 0.25) is 0 Å². The van der Waals surface area contributed by atoms with Crippen molar-refractivity contribution in [3.8, 4) is 0 Å². The Morgan fingerprint density at radius 1 is 1.26 bits per heavy atom. The number of aliphatic hydroxyl groups excluding tert-OH is 1. The van der Waals surface area contributed by atoms with Crippen LogP contribution in [-0.4, -0.2) is 28.5 Å². The Morgan fingerprint density at radius 2 is 2.09 bits per heavy atom. The van der Waals surface area contributed by atoms with Gasteiger partial charge in [0.15, 0.2) is 0 Å². The van der Waals surface area contributed by atoms with E-state index in [2.05, 4.69) is 12.1 Å². The third-order valence-corrected chi connectivity index (χ3v) is 4.53. The first-order valence-electron chi connectivity index (χ1n) is 8.29. The number of aliphatic hydroxyl groups is 1. The first kappa shape index (κ1) is 15.8. The molecular formula is C19H23NO3. The summed E-state index contributed by atoms with van der Waals surface area (Å²) in [7, 11) is 0. The zero-order chi connectivity index (χ0) is 16.1. The molecule has 0 saturated carbocycles. The van der Waals surface area contributed by atoms with E-state index >= 15 is 0 Å². The van der Waals surface area contributed by atoms with Crippen LogP contribution in [0, 0.1) is 0 Å². The van der Waals surface area contributed by atoms with Gasteiger partial charge in [0.25, 0.3) is 0 Å². The predicted molar refractivity (Wildman–Crippen MR) is 87.8 cm³/mol. The summed E-state index contributed by atoms with van der Waals surface area (Å²) in [4.78, 5) is 14.5. The van der Waals surface area contributed by atoms with Crippen LogP contribution in [-0.2, 0) is 11.2 Å². The van der Waals surface area contributed by atoms with Gasteiger partial charge in [0.1, 0.15) is 11.9 Å². The molecule has 1 aromatic carbocycles. The molecule has 1 saturated heterocycles. The lowest BCUT2D eigenvalue weighted by molar-refractivity contribution is -0.132. The largest absolute Gasteiger partial charge is 0.467 e. The van der Waals surface area contributed by atoms with Crippen molar-refractivity contribution in [3.63, 3.8) is 0 Å². The summed E-state index contributed by atoms with van der Waals surface area (Å²) in [6.07, 6.45) is 4.72. The van der Waals surface area contributed by atoms with E-state index in [0.29, 0.717) is 18.6 Å². The molecule has 4 heteroatoms. The second-order valence-electron chi connectivity index (χ2n) is 6.14. The molecule has 1 fully saturated rings. The Hall–Kier alpha value is -2.07. The molecule has 1 aliphatic rings. The Morgan fingerprint density at radius 3 is 2.83 bits per heavy atom. The topological polar surface area (TPSA) is 53.7 Å². The standard InChI is InChI=1S/C19H23NO3/c21-17(18-9-5-13-23-18)14-16-8-4-12-20(16)19(22)11-10-15-6-2-1-3-7-15/h1-3,5-7,9,13,16-17,21H,4,8,10-12,14H2. The van der Waals surface area contributed by atoms with Gasteiger partial charge in [-0.05, 0) is 37.0 Å². The number of carbonyl (C=O) groups is 1. The SMILES string of the molecule is O=C(CCc1ccccc1)N1CCCC1CC(O)c1ccco1. The average Bonchev–Trinajstić information content (AvgIpc) is 3.25. The minimum Gasteiger partial charge on any atom is -0.467 e. The molecule has 0 spiro atoms. The minimum atomic E-state index is -0.641. The maximum absolute atomic E-state index is 12.5. The van der Waals surface area contributed by atoms with Gasteiger partial charge in [-0.15, -0.1) is 0 Å². The molecule has 0 aliphatic carbocycles. The second kappa shape index (κ2) is 7.47. The number of hydrogen-bond donors (Lipinski definition) is 1. The van der Waals surface area contributed by atoms with E-state index < -0.39 is 6.10 Å². The summed E-state index contributed by atoms with van der Waals surface area (Å²) < 4.78 is 5.25. The molecule has 1 aromatic heterocycles. The zero-order valence-corrected chi connectivity index (χ0v) is 13.2. The van der Waals surface area contributed by atoms with Crippen molar-refractivity contribution < 1.29 is 14.3 Å². The van der Waals surface area contributed by atoms with Gasteiger partial charge in [0, 0.05) is 25.4 Å². The van der Waals surface area contributed by atoms with Gasteiger partial charge < -0.3 is 14.4 Å². The van der Waals surface area contributed by atoms with Crippen LogP contribution in [0.15, 0.2) is 53.1 Å². The number of benzene rings is 1. The number of rotatable bonds is 6. The van der Waals surface area contributed by atoms with Gasteiger partial charge in [-0.3, -0.25) is 4.79 Å². The van der Waals surface area contributed by atoms with Crippen LogP contribution in [0.3, 0.4) is 0 Å². The molecular weight excluding hydrogens is 290 g/mol. The summed E-state index contributed by atoms with van der Waals surface area (Å²) in [6.45, 7) is 0.795. The highest BCUT2D eigenvalue weighted by Gasteiger charge is 2.30. The Labute approximate surface area is 136 Å². The van der Waals surface area contributed by atoms with E-state index in [0.717, 1.165) is 25.8 Å². The molecule has 2 atom stereocenters. The van der Waals surface area contributed by atoms with Crippen LogP contribution in [0.4, 0.5) is 0 Å². The molecule has 0 bridgehead atoms. The first-order chi connectivity index (χ1) is 11.2. The number of hydrogen-bond acceptors (Lipinski definition) is 3. The van der Waals surface area contributed by atoms with Crippen molar-refractivity contribution >= 4 is 5.91 Å². The van der Waals surface area contributed by atoms with E-state index in [-0.39, 0.29) is 11.9 Å². The van der Waals surface area contributed by atoms with Crippen molar-refractivity contribution in [2.24, 2.45) is 0 Å². The fourth-order valence-corrected chi connectivity index (χ4v) is 3.30. The fraction of sp³-hybridized carbons (Fsp3) is 0.421. The Kier molecular flexibility index (Phi) is 5.13. The van der Waals surface area contributed by atoms with Gasteiger partial charge in [-0.1, -0.05) is 30.3 Å². The molecule has 23 heavy (non-hydrogen) atoms. The molecule has 2 heterocycles. The van der Waals surface area contributed by atoms with Gasteiger partial charge in [0.2, 0.25) is 5.91 Å². The lowest BCUT2D eigenvalue weighted by Crippen LogP contribution is -2.36. The third-order valence-electron chi connectivity index (χ3n) is 4.53. The Balaban J connectivity index is 1.54. The van der Waals surface area contributed by atoms with E-state index in [4.69, 9.17) is 4.42 Å². The average molecular weight is 313 g/mol. The quantitative estimate of drug-likeness (QED) is 0.890. The second-order valence-corrected chi connectivity index (χ2v) is 6.14. The predicted octanol–water partition coefficient (Wildman–Crippen LogP) is 3.33. The van der Waals surface area contributed by atoms with Crippen molar-refractivity contribution in [3.05, 3.63) is 60.1 Å². The number of amides is 1. The molecule has 122 valence electrons. The first-order valence-corrected chi connectivity index (χ1v) is 8.29. The van der Waals surface area contributed by atoms with Crippen LogP contribution in [0.5, 0.6) is 0 Å². The third kappa shape index (κ3) is 4.02. The van der Waals surface area contributed by atoms with Gasteiger partial charge in [-0.25, -0.2) is 0 Å². The molecule has 1 amide bonds. The molecule has 0 radical (unpaired) electrons. The van der Waals surface area contributed by atoms with Crippen LogP contribution >= 0.6 is 0 Å². The summed E-state index contributed by atoms with van der Waals surface area (Å²) in [6, 6.07) is 13.7. The summed E-state index contributed by atoms with van der Waals surface area (Å²) in [5.41, 5.74) is 1.19. The minimum absolute atomic E-state index is 0.110. The van der Waals surface area contributed by atoms with Gasteiger partial charge in [0.05, 0.1) is 6.26 Å². The van der Waals surface area contributed by atoms with E-state index in [1.165, 1.54) is 5.56 Å². The van der Waals surface area contributed by atoms with Crippen LogP contribution in [0.1, 0.15) is 43.1 Å². The van der Waals surface area contributed by atoms with Crippen molar-refractivity contribution in [2.45, 2.75) is 44.2 Å². The van der Waals surface area contributed by atoms with E-state index in [1.807, 2.05) is 23.1 Å². The number of aryl methyl sites for hydroxylation is 1. The molecule has 1 aliphatic heterocycles. The smallest absolute Gasteiger partial charge is 0.223 e. The van der Waals surface area contributed by atoms with Crippen LogP contribution < -0.4 is 0 Å². The van der Waals surface area contributed by atoms with Crippen molar-refractivity contribution in [1.82, 2.24) is 4.90 Å². The molecule has 2 unspecified atom stereocenters. The van der Waals surface area contributed by atoms with E-state index in [1.54, 1.807) is 18.4 Å². The van der Waals surface area contributed by atoms with Crippen molar-refractivity contribution in [1.29, 1.82) is 0 Å². The molecule has 3 rings (SSSR count). The molecule has 4 nitrogen and oxygen atoms in total. The highest BCUT2D eigenvalue weighted by molar-refractivity contribution is 5.77. The zero-order valence-electron chi connectivity index (χ0n) is 13.2. The summed E-state index contributed by atoms with van der Waals surface area (Å²) in [5, 5.41) is 10.2. The lowest BCUT2D eigenvalue weighted by atomic mass is 10.0. The van der Waals surface area contributed by atoms with Crippen LogP contribution in [0.25, 0.3) is 0 Å². The lowest BCUT2D eigenvalue weighted by Gasteiger charge is -2.26. The monoisotopic (exact) mass is 313 g/mol. The summed E-state index contributed by atoms with van der Waals surface area (Å²) in [5.74, 6) is 0.761. The Bertz CT molecular complexity index is 609. The highest BCUT2D eigenvalue weighted by Crippen LogP contribution is 2.28. The van der Waals surface area contributed by atoms with Gasteiger partial charge >= 0.3 is 0 Å². The summed E-state index contributed by atoms with van der Waals surface area (Å²) >= 11 is 0. The maximum Gasteiger partial charge on any atom is 0.223 e.